The second-order valence-corrected chi connectivity index (χ2v) is 9.08. The van der Waals surface area contributed by atoms with Crippen LogP contribution in [0, 0.1) is 5.92 Å². The van der Waals surface area contributed by atoms with Crippen molar-refractivity contribution >= 4 is 11.7 Å². The average Bonchev–Trinajstić information content (AvgIpc) is 2.79. The highest BCUT2D eigenvalue weighted by atomic mass is 16.3. The van der Waals surface area contributed by atoms with Crippen LogP contribution in [0.25, 0.3) is 0 Å². The molecule has 168 valence electrons. The number of piperidine rings is 1. The number of nitrogens with zero attached hydrogens (tertiary/aromatic N) is 3. The molecule has 1 saturated heterocycles. The van der Waals surface area contributed by atoms with Crippen molar-refractivity contribution in [1.29, 1.82) is 0 Å². The summed E-state index contributed by atoms with van der Waals surface area (Å²) >= 11 is 0. The lowest BCUT2D eigenvalue weighted by molar-refractivity contribution is -0.124. The third-order valence-electron chi connectivity index (χ3n) is 6.55. The third kappa shape index (κ3) is 6.15. The maximum absolute atomic E-state index is 12.7. The lowest BCUT2D eigenvalue weighted by atomic mass is 9.99. The van der Waals surface area contributed by atoms with Crippen LogP contribution < -0.4 is 10.6 Å². The molecule has 1 aromatic carbocycles. The number of hydrogen-bond donors (Lipinski definition) is 3. The van der Waals surface area contributed by atoms with Crippen LogP contribution in [0.15, 0.2) is 41.5 Å². The Hall–Kier alpha value is -2.22. The van der Waals surface area contributed by atoms with E-state index in [9.17, 15) is 9.90 Å². The molecule has 3 N–H and O–H groups in total. The second-order valence-electron chi connectivity index (χ2n) is 9.08. The van der Waals surface area contributed by atoms with Gasteiger partial charge in [0, 0.05) is 32.6 Å². The van der Waals surface area contributed by atoms with Crippen molar-refractivity contribution in [2.75, 3.05) is 39.8 Å². The number of hydrogen-bond acceptors (Lipinski definition) is 5. The van der Waals surface area contributed by atoms with E-state index in [0.717, 1.165) is 51.3 Å². The van der Waals surface area contributed by atoms with Gasteiger partial charge in [0.2, 0.25) is 5.91 Å². The molecule has 3 aliphatic heterocycles. The summed E-state index contributed by atoms with van der Waals surface area (Å²) in [5, 5.41) is 16.6. The monoisotopic (exact) mass is 425 g/mol. The first-order chi connectivity index (χ1) is 15.1. The molecule has 7 nitrogen and oxygen atoms in total. The van der Waals surface area contributed by atoms with Crippen LogP contribution in [0.3, 0.4) is 0 Å². The third-order valence-corrected chi connectivity index (χ3v) is 6.55. The van der Waals surface area contributed by atoms with Gasteiger partial charge in [-0.05, 0) is 56.7 Å². The minimum Gasteiger partial charge on any atom is -0.390 e. The predicted octanol–water partition coefficient (Wildman–Crippen LogP) is 1.14. The number of carbonyl (C=O) groups is 1. The molecule has 0 spiro atoms. The predicted molar refractivity (Wildman–Crippen MR) is 123 cm³/mol. The summed E-state index contributed by atoms with van der Waals surface area (Å²) in [5.74, 6) is 0.613. The number of amides is 1. The zero-order chi connectivity index (χ0) is 21.6. The Balaban J connectivity index is 1.21. The SMILES string of the molecule is CN1CCC(N=C2CC(C(=O)NC[C@H](O)CN3CCc4ccccc4C3)C=CN2)CC1. The molecule has 3 heterocycles. The Kier molecular flexibility index (Phi) is 7.37. The number of rotatable bonds is 6. The van der Waals surface area contributed by atoms with Gasteiger partial charge >= 0.3 is 0 Å². The van der Waals surface area contributed by atoms with Gasteiger partial charge in [0.25, 0.3) is 0 Å². The van der Waals surface area contributed by atoms with E-state index in [2.05, 4.69) is 51.7 Å². The lowest BCUT2D eigenvalue weighted by Crippen LogP contribution is -2.44. The molecule has 0 aromatic heterocycles. The number of aliphatic hydroxyl groups is 1. The first kappa shape index (κ1) is 22.0. The molecule has 31 heavy (non-hydrogen) atoms. The highest BCUT2D eigenvalue weighted by molar-refractivity contribution is 5.91. The van der Waals surface area contributed by atoms with Crippen LogP contribution >= 0.6 is 0 Å². The normalized spacial score (nSPS) is 25.1. The summed E-state index contributed by atoms with van der Waals surface area (Å²) in [6, 6.07) is 8.82. The van der Waals surface area contributed by atoms with Crippen molar-refractivity contribution < 1.29 is 9.90 Å². The van der Waals surface area contributed by atoms with Crippen LogP contribution in [-0.4, -0.2) is 78.6 Å². The Labute approximate surface area is 185 Å². The van der Waals surface area contributed by atoms with Gasteiger partial charge in [0.1, 0.15) is 5.84 Å². The molecule has 1 unspecified atom stereocenters. The van der Waals surface area contributed by atoms with Gasteiger partial charge in [-0.2, -0.15) is 0 Å². The van der Waals surface area contributed by atoms with E-state index in [1.54, 1.807) is 0 Å². The van der Waals surface area contributed by atoms with Crippen molar-refractivity contribution in [3.05, 3.63) is 47.7 Å². The van der Waals surface area contributed by atoms with E-state index >= 15 is 0 Å². The van der Waals surface area contributed by atoms with Crippen LogP contribution in [0.1, 0.15) is 30.4 Å². The first-order valence-corrected chi connectivity index (χ1v) is 11.5. The maximum atomic E-state index is 12.7. The Bertz CT molecular complexity index is 816. The summed E-state index contributed by atoms with van der Waals surface area (Å²) < 4.78 is 0. The van der Waals surface area contributed by atoms with Gasteiger partial charge in [0.05, 0.1) is 18.1 Å². The minimum atomic E-state index is -0.577. The smallest absolute Gasteiger partial charge is 0.227 e. The Morgan fingerprint density at radius 1 is 1.26 bits per heavy atom. The van der Waals surface area contributed by atoms with Crippen LogP contribution in [0.4, 0.5) is 0 Å². The number of aliphatic imine (C=N–C) groups is 1. The van der Waals surface area contributed by atoms with Crippen molar-refractivity contribution in [2.45, 2.75) is 44.4 Å². The van der Waals surface area contributed by atoms with E-state index in [0.29, 0.717) is 19.0 Å². The van der Waals surface area contributed by atoms with E-state index < -0.39 is 6.10 Å². The topological polar surface area (TPSA) is 80.2 Å². The number of likely N-dealkylation sites (tertiary alicyclic amines) is 1. The molecule has 7 heteroatoms. The summed E-state index contributed by atoms with van der Waals surface area (Å²) in [7, 11) is 2.14. The molecule has 0 aliphatic carbocycles. The van der Waals surface area contributed by atoms with Gasteiger partial charge < -0.3 is 20.6 Å². The zero-order valence-electron chi connectivity index (χ0n) is 18.5. The van der Waals surface area contributed by atoms with Gasteiger partial charge in [-0.25, -0.2) is 0 Å². The van der Waals surface area contributed by atoms with Gasteiger partial charge in [-0.1, -0.05) is 30.3 Å². The fraction of sp³-hybridized carbons (Fsp3) is 0.583. The largest absolute Gasteiger partial charge is 0.390 e. The molecule has 0 saturated carbocycles. The van der Waals surface area contributed by atoms with Gasteiger partial charge in [-0.15, -0.1) is 0 Å². The summed E-state index contributed by atoms with van der Waals surface area (Å²) in [6.07, 6.45) is 6.86. The lowest BCUT2D eigenvalue weighted by Gasteiger charge is -2.30. The van der Waals surface area contributed by atoms with Gasteiger partial charge in [-0.3, -0.25) is 14.7 Å². The number of aliphatic hydroxyl groups excluding tert-OH is 1. The number of β-amino-alcohol motifs (C(OH)–C–C–N with tert-alkyl or cyclic N) is 1. The fourth-order valence-electron chi connectivity index (χ4n) is 4.63. The number of benzene rings is 1. The minimum absolute atomic E-state index is 0.0446. The van der Waals surface area contributed by atoms with E-state index in [4.69, 9.17) is 4.99 Å². The standard InChI is InChI=1S/C24H35N5O2/c1-28-11-8-21(9-12-28)27-23-14-19(6-10-25-23)24(31)26-15-22(30)17-29-13-7-18-4-2-3-5-20(18)16-29/h2-6,10,19,21-22,30H,7-9,11-17H2,1H3,(H,25,27)(H,26,31)/t19?,22-/m0/s1. The van der Waals surface area contributed by atoms with Crippen LogP contribution in [0.5, 0.6) is 0 Å². The molecule has 1 fully saturated rings. The van der Waals surface area contributed by atoms with E-state index in [1.807, 2.05) is 12.3 Å². The number of nitrogens with one attached hydrogen (secondary N) is 2. The van der Waals surface area contributed by atoms with E-state index in [-0.39, 0.29) is 18.4 Å². The molecular formula is C24H35N5O2. The Morgan fingerprint density at radius 2 is 2.03 bits per heavy atom. The molecule has 0 radical (unpaired) electrons. The zero-order valence-corrected chi connectivity index (χ0v) is 18.5. The van der Waals surface area contributed by atoms with Crippen LogP contribution in [-0.2, 0) is 17.8 Å². The second kappa shape index (κ2) is 10.4. The van der Waals surface area contributed by atoms with E-state index in [1.165, 1.54) is 11.1 Å². The molecule has 4 rings (SSSR count). The molecule has 1 aromatic rings. The highest BCUT2D eigenvalue weighted by Crippen LogP contribution is 2.19. The van der Waals surface area contributed by atoms with Crippen LogP contribution in [0.2, 0.25) is 0 Å². The highest BCUT2D eigenvalue weighted by Gasteiger charge is 2.24. The molecule has 1 amide bonds. The Morgan fingerprint density at radius 3 is 2.84 bits per heavy atom. The van der Waals surface area contributed by atoms with Crippen molar-refractivity contribution in [2.24, 2.45) is 10.9 Å². The molecular weight excluding hydrogens is 390 g/mol. The molecule has 2 atom stereocenters. The van der Waals surface area contributed by atoms with Gasteiger partial charge in [0.15, 0.2) is 0 Å². The first-order valence-electron chi connectivity index (χ1n) is 11.5. The summed E-state index contributed by atoms with van der Waals surface area (Å²) in [6.45, 7) is 4.78. The maximum Gasteiger partial charge on any atom is 0.227 e. The van der Waals surface area contributed by atoms with Crippen molar-refractivity contribution in [1.82, 2.24) is 20.4 Å². The molecule has 3 aliphatic rings. The number of carbonyl (C=O) groups excluding carboxylic acids is 1. The van der Waals surface area contributed by atoms with Crippen molar-refractivity contribution in [3.63, 3.8) is 0 Å². The number of fused-ring (bicyclic) bond motifs is 1. The van der Waals surface area contributed by atoms with Crippen molar-refractivity contribution in [3.8, 4) is 0 Å². The summed E-state index contributed by atoms with van der Waals surface area (Å²) in [5.41, 5.74) is 2.73. The summed E-state index contributed by atoms with van der Waals surface area (Å²) in [4.78, 5) is 22.1. The fourth-order valence-corrected chi connectivity index (χ4v) is 4.63. The quantitative estimate of drug-likeness (QED) is 0.637. The number of amidine groups is 1. The molecule has 0 bridgehead atoms. The average molecular weight is 426 g/mol.